The van der Waals surface area contributed by atoms with Gasteiger partial charge in [-0.2, -0.15) is 0 Å². The number of aliphatic hydroxyl groups is 1. The Kier molecular flexibility index (Phi) is 6.90. The van der Waals surface area contributed by atoms with Crippen molar-refractivity contribution in [3.63, 3.8) is 0 Å². The number of hydrogen-bond acceptors (Lipinski definition) is 5. The van der Waals surface area contributed by atoms with Gasteiger partial charge in [-0.05, 0) is 60.6 Å². The summed E-state index contributed by atoms with van der Waals surface area (Å²) < 4.78 is 0. The van der Waals surface area contributed by atoms with Crippen LogP contribution in [0.3, 0.4) is 0 Å². The Hall–Kier alpha value is -2.74. The number of nitrogens with one attached hydrogen (secondary N) is 1. The number of imide groups is 1. The van der Waals surface area contributed by atoms with E-state index in [1.807, 2.05) is 24.3 Å². The first-order valence-electron chi connectivity index (χ1n) is 13.2. The summed E-state index contributed by atoms with van der Waals surface area (Å²) in [4.78, 5) is 41.1. The molecule has 2 fully saturated rings. The molecule has 0 aromatic heterocycles. The van der Waals surface area contributed by atoms with E-state index in [-0.39, 0.29) is 23.7 Å². The smallest absolute Gasteiger partial charge is 0.255 e. The number of halogens is 1. The van der Waals surface area contributed by atoms with Gasteiger partial charge in [-0.15, -0.1) is 0 Å². The van der Waals surface area contributed by atoms with Crippen LogP contribution >= 0.6 is 11.6 Å². The van der Waals surface area contributed by atoms with Crippen molar-refractivity contribution in [1.82, 2.24) is 15.1 Å². The van der Waals surface area contributed by atoms with Gasteiger partial charge in [-0.3, -0.25) is 24.6 Å². The maximum Gasteiger partial charge on any atom is 0.255 e. The van der Waals surface area contributed by atoms with Crippen LogP contribution in [0.2, 0.25) is 5.02 Å². The Morgan fingerprint density at radius 1 is 1.08 bits per heavy atom. The van der Waals surface area contributed by atoms with Crippen molar-refractivity contribution in [1.29, 1.82) is 0 Å². The van der Waals surface area contributed by atoms with E-state index in [0.717, 1.165) is 48.6 Å². The topological polar surface area (TPSA) is 89.9 Å². The molecule has 2 aromatic rings. The van der Waals surface area contributed by atoms with Gasteiger partial charge < -0.3 is 10.0 Å². The molecule has 3 aliphatic rings. The van der Waals surface area contributed by atoms with Gasteiger partial charge in [0.1, 0.15) is 6.04 Å². The fraction of sp³-hybridized carbons (Fsp3) is 0.483. The van der Waals surface area contributed by atoms with Gasteiger partial charge in [-0.1, -0.05) is 49.7 Å². The van der Waals surface area contributed by atoms with Crippen LogP contribution in [-0.2, 0) is 28.3 Å². The number of likely N-dealkylation sites (tertiary alicyclic amines) is 1. The second-order valence-electron chi connectivity index (χ2n) is 10.7. The van der Waals surface area contributed by atoms with Crippen LogP contribution in [-0.4, -0.2) is 51.8 Å². The molecular formula is C29H34ClN3O4. The average molecular weight is 524 g/mol. The summed E-state index contributed by atoms with van der Waals surface area (Å²) in [6, 6.07) is 12.9. The van der Waals surface area contributed by atoms with Gasteiger partial charge in [0.25, 0.3) is 5.91 Å². The summed E-state index contributed by atoms with van der Waals surface area (Å²) >= 11 is 6.06. The molecule has 2 aromatic carbocycles. The van der Waals surface area contributed by atoms with E-state index < -0.39 is 17.6 Å². The molecule has 0 radical (unpaired) electrons. The van der Waals surface area contributed by atoms with E-state index in [1.54, 1.807) is 11.0 Å². The standard InChI is InChI=1S/C29H34ClN3O4/c1-3-28(4-2)18-32(16-19-5-8-22(30)9-6-19)14-13-29(28,37)21-7-10-23-20(15-21)17-33(27(23)36)24-11-12-25(34)31-26(24)35/h5-10,15,24,37H,3-4,11-14,16-18H2,1-2H3,(H,31,34,35). The van der Waals surface area contributed by atoms with Gasteiger partial charge in [-0.25, -0.2) is 0 Å². The highest BCUT2D eigenvalue weighted by Crippen LogP contribution is 2.51. The summed E-state index contributed by atoms with van der Waals surface area (Å²) in [5, 5.41) is 15.4. The maximum atomic E-state index is 13.2. The zero-order valence-electron chi connectivity index (χ0n) is 21.4. The van der Waals surface area contributed by atoms with Crippen molar-refractivity contribution >= 4 is 29.3 Å². The lowest BCUT2D eigenvalue weighted by Gasteiger charge is -2.54. The zero-order valence-corrected chi connectivity index (χ0v) is 22.2. The summed E-state index contributed by atoms with van der Waals surface area (Å²) in [6.07, 6.45) is 2.78. The number of rotatable bonds is 6. The van der Waals surface area contributed by atoms with Crippen LogP contribution in [0.25, 0.3) is 0 Å². The van der Waals surface area contributed by atoms with Crippen molar-refractivity contribution in [2.45, 2.75) is 70.7 Å². The molecule has 2 unspecified atom stereocenters. The Labute approximate surface area is 222 Å². The van der Waals surface area contributed by atoms with Gasteiger partial charge in [0.2, 0.25) is 11.8 Å². The fourth-order valence-corrected chi connectivity index (χ4v) is 6.67. The predicted molar refractivity (Wildman–Crippen MR) is 141 cm³/mol. The van der Waals surface area contributed by atoms with E-state index in [4.69, 9.17) is 11.6 Å². The first kappa shape index (κ1) is 25.9. The molecule has 0 bridgehead atoms. The second-order valence-corrected chi connectivity index (χ2v) is 11.1. The number of carbonyl (C=O) groups is 3. The first-order valence-corrected chi connectivity index (χ1v) is 13.5. The molecule has 0 saturated carbocycles. The van der Waals surface area contributed by atoms with Crippen LogP contribution < -0.4 is 5.32 Å². The summed E-state index contributed by atoms with van der Waals surface area (Å²) in [5.74, 6) is -0.911. The van der Waals surface area contributed by atoms with Crippen LogP contribution in [0.15, 0.2) is 42.5 Å². The fourth-order valence-electron chi connectivity index (χ4n) is 6.55. The van der Waals surface area contributed by atoms with Gasteiger partial charge in [0.15, 0.2) is 0 Å². The molecule has 2 atom stereocenters. The third-order valence-electron chi connectivity index (χ3n) is 8.87. The molecule has 37 heavy (non-hydrogen) atoms. The quantitative estimate of drug-likeness (QED) is 0.559. The minimum Gasteiger partial charge on any atom is -0.384 e. The molecule has 2 saturated heterocycles. The largest absolute Gasteiger partial charge is 0.384 e. The molecule has 8 heteroatoms. The highest BCUT2D eigenvalue weighted by molar-refractivity contribution is 6.30. The summed E-state index contributed by atoms with van der Waals surface area (Å²) in [5.41, 5.74) is 2.03. The summed E-state index contributed by atoms with van der Waals surface area (Å²) in [7, 11) is 0. The van der Waals surface area contributed by atoms with Crippen LogP contribution in [0.1, 0.15) is 73.0 Å². The predicted octanol–water partition coefficient (Wildman–Crippen LogP) is 4.00. The molecule has 7 nitrogen and oxygen atoms in total. The third-order valence-corrected chi connectivity index (χ3v) is 9.12. The maximum absolute atomic E-state index is 13.2. The Morgan fingerprint density at radius 3 is 2.49 bits per heavy atom. The van der Waals surface area contributed by atoms with E-state index in [0.29, 0.717) is 24.9 Å². The van der Waals surface area contributed by atoms with Crippen molar-refractivity contribution in [3.8, 4) is 0 Å². The van der Waals surface area contributed by atoms with E-state index in [2.05, 4.69) is 36.2 Å². The molecule has 2 N–H and O–H groups in total. The molecule has 196 valence electrons. The van der Waals surface area contributed by atoms with Gasteiger partial charge in [0, 0.05) is 48.6 Å². The highest BCUT2D eigenvalue weighted by atomic mass is 35.5. The Morgan fingerprint density at radius 2 is 1.81 bits per heavy atom. The number of piperidine rings is 2. The number of amides is 3. The molecule has 0 aliphatic carbocycles. The monoisotopic (exact) mass is 523 g/mol. The average Bonchev–Trinajstić information content (AvgIpc) is 3.22. The Bertz CT molecular complexity index is 1230. The zero-order chi connectivity index (χ0) is 26.4. The van der Waals surface area contributed by atoms with E-state index in [1.165, 1.54) is 5.56 Å². The van der Waals surface area contributed by atoms with Crippen molar-refractivity contribution < 1.29 is 19.5 Å². The van der Waals surface area contributed by atoms with Crippen LogP contribution in [0.5, 0.6) is 0 Å². The number of carbonyl (C=O) groups excluding carboxylic acids is 3. The second kappa shape index (κ2) is 9.86. The van der Waals surface area contributed by atoms with Crippen molar-refractivity contribution in [3.05, 3.63) is 69.7 Å². The lowest BCUT2D eigenvalue weighted by Crippen LogP contribution is -2.57. The van der Waals surface area contributed by atoms with Crippen molar-refractivity contribution in [2.75, 3.05) is 13.1 Å². The van der Waals surface area contributed by atoms with E-state index >= 15 is 0 Å². The molecule has 5 rings (SSSR count). The van der Waals surface area contributed by atoms with Crippen molar-refractivity contribution in [2.24, 2.45) is 5.41 Å². The third kappa shape index (κ3) is 4.47. The highest BCUT2D eigenvalue weighted by Gasteiger charge is 2.53. The minimum atomic E-state index is -1.03. The molecule has 0 spiro atoms. The van der Waals surface area contributed by atoms with Gasteiger partial charge in [0.05, 0.1) is 5.60 Å². The molecular weight excluding hydrogens is 490 g/mol. The minimum absolute atomic E-state index is 0.196. The normalized spacial score (nSPS) is 25.8. The van der Waals surface area contributed by atoms with E-state index in [9.17, 15) is 19.5 Å². The lowest BCUT2D eigenvalue weighted by molar-refractivity contribution is -0.148. The lowest BCUT2D eigenvalue weighted by atomic mass is 9.61. The van der Waals surface area contributed by atoms with Crippen LogP contribution in [0.4, 0.5) is 0 Å². The number of fused-ring (bicyclic) bond motifs is 1. The number of hydrogen-bond donors (Lipinski definition) is 2. The number of nitrogens with zero attached hydrogens (tertiary/aromatic N) is 2. The molecule has 3 amide bonds. The molecule has 3 heterocycles. The SMILES string of the molecule is CCC1(CC)CN(Cc2ccc(Cl)cc2)CCC1(O)c1ccc2c(c1)CN(C1CCC(=O)NC1=O)C2=O. The number of benzene rings is 2. The van der Waals surface area contributed by atoms with Crippen LogP contribution in [0, 0.1) is 5.41 Å². The Balaban J connectivity index is 1.39. The first-order chi connectivity index (χ1) is 17.7. The summed E-state index contributed by atoms with van der Waals surface area (Å²) in [6.45, 7) is 6.90. The van der Waals surface area contributed by atoms with Gasteiger partial charge >= 0.3 is 0 Å². The molecule has 3 aliphatic heterocycles.